The Morgan fingerprint density at radius 2 is 1.01 bits per heavy atom. The molecule has 0 bridgehead atoms. The zero-order chi connectivity index (χ0) is 53.9. The van der Waals surface area contributed by atoms with Gasteiger partial charge < -0.3 is 62.7 Å². The molecule has 5 aromatic carbocycles. The molecule has 10 rings (SSSR count). The number of hydrogen-bond acceptors (Lipinski definition) is 16. The van der Waals surface area contributed by atoms with Crippen LogP contribution in [0.1, 0.15) is 48.9 Å². The Labute approximate surface area is 480 Å². The molecule has 23 heteroatoms. The molecule has 3 N–H and O–H groups in total. The minimum atomic E-state index is -1.02. The number of hydrogen-bond donors (Lipinski definition) is 3. The van der Waals surface area contributed by atoms with Gasteiger partial charge in [0.05, 0.1) is 49.5 Å². The zero-order valence-corrected chi connectivity index (χ0v) is 48.4. The Bertz CT molecular complexity index is 2700. The van der Waals surface area contributed by atoms with Crippen molar-refractivity contribution in [3.63, 3.8) is 0 Å². The van der Waals surface area contributed by atoms with Crippen molar-refractivity contribution in [1.82, 2.24) is 0 Å². The standard InChI is InChI=1S/C11H11BrO4.C11H11BrO3.C9H7BrO4.C9H9BrO3.C8H7BrO2.C3H5ClO.CH4/c1-7(13)16-11-4-8(12)2-3-10(11)15-6-9-5-14-9;1-7(13)10-4-8(12)2-3-11(10)15-6-9-5-14-9;10-5-1-2-6-7(3-5)14-8(4-13-6)9(11)12;10-6-1-2-8-9(3-6)13-7(4-11)5-12-8;1-5(10)7-4-6(9)2-3-8(7)11;4-1-3-2-5-3;/h2-4,9H,5-6H2,1H3;2-4,9H,5-6H2,1H3;1-3,8H,4H2,(H,11,12);1-3,7,11H,4-5H2;2-4,11H,1H3;3H,1-2H2;1H4. The quantitative estimate of drug-likeness (QED) is 0.0346. The second kappa shape index (κ2) is 31.7. The Hall–Kier alpha value is -4.49. The summed E-state index contributed by atoms with van der Waals surface area (Å²) in [7, 11) is 0. The number of carbonyl (C=O) groups excluding carboxylic acids is 3. The number of aromatic hydroxyl groups is 1. The van der Waals surface area contributed by atoms with Gasteiger partial charge in [-0.1, -0.05) is 87.1 Å². The van der Waals surface area contributed by atoms with Gasteiger partial charge in [-0.05, 0) is 105 Å². The number of phenols is 1. The molecule has 5 unspecified atom stereocenters. The van der Waals surface area contributed by atoms with E-state index in [-0.39, 0.29) is 62.2 Å². The smallest absolute Gasteiger partial charge is 0.348 e. The highest BCUT2D eigenvalue weighted by molar-refractivity contribution is 9.11. The first-order valence-electron chi connectivity index (χ1n) is 22.3. The normalized spacial score (nSPS) is 18.3. The molecule has 0 aromatic heterocycles. The van der Waals surface area contributed by atoms with E-state index in [2.05, 4.69) is 79.6 Å². The van der Waals surface area contributed by atoms with Crippen molar-refractivity contribution in [3.05, 3.63) is 124 Å². The molecular weight excluding hydrogens is 1330 g/mol. The van der Waals surface area contributed by atoms with Crippen molar-refractivity contribution in [2.24, 2.45) is 0 Å². The maximum Gasteiger partial charge on any atom is 0.348 e. The Kier molecular flexibility index (Phi) is 26.6. The molecule has 5 aromatic rings. The summed E-state index contributed by atoms with van der Waals surface area (Å²) >= 11 is 21.7. The number of aliphatic hydroxyl groups is 1. The third kappa shape index (κ3) is 22.9. The van der Waals surface area contributed by atoms with E-state index in [1.54, 1.807) is 48.5 Å². The van der Waals surface area contributed by atoms with Crippen molar-refractivity contribution < 1.29 is 81.9 Å². The maximum absolute atomic E-state index is 11.3. The molecule has 0 saturated carbocycles. The molecule has 17 nitrogen and oxygen atoms in total. The molecule has 406 valence electrons. The van der Waals surface area contributed by atoms with E-state index in [9.17, 15) is 19.2 Å². The molecule has 0 spiro atoms. The highest BCUT2D eigenvalue weighted by Gasteiger charge is 2.28. The molecule has 5 heterocycles. The van der Waals surface area contributed by atoms with Crippen LogP contribution in [0.2, 0.25) is 0 Å². The van der Waals surface area contributed by atoms with Crippen LogP contribution in [0.15, 0.2) is 113 Å². The van der Waals surface area contributed by atoms with Gasteiger partial charge in [0.25, 0.3) is 0 Å². The van der Waals surface area contributed by atoms with E-state index in [0.29, 0.717) is 77.4 Å². The first-order chi connectivity index (χ1) is 35.3. The lowest BCUT2D eigenvalue weighted by Gasteiger charge is -2.25. The largest absolute Gasteiger partial charge is 0.507 e. The number of carbonyl (C=O) groups is 4. The number of phenolic OH excluding ortho intramolecular Hbond substituents is 1. The summed E-state index contributed by atoms with van der Waals surface area (Å²) in [5.41, 5.74) is 0.949. The third-order valence-electron chi connectivity index (χ3n) is 9.72. The minimum Gasteiger partial charge on any atom is -0.507 e. The maximum atomic E-state index is 11.3. The van der Waals surface area contributed by atoms with Crippen molar-refractivity contribution >= 4 is 115 Å². The topological polar surface area (TPSA) is 231 Å². The van der Waals surface area contributed by atoms with Crippen LogP contribution in [0.5, 0.6) is 46.0 Å². The first-order valence-corrected chi connectivity index (χ1v) is 26.8. The molecule has 5 atom stereocenters. The second-order valence-electron chi connectivity index (χ2n) is 15.9. The number of carboxylic acids is 1. The summed E-state index contributed by atoms with van der Waals surface area (Å²) in [6, 6.07) is 26.3. The lowest BCUT2D eigenvalue weighted by atomic mass is 10.1. The van der Waals surface area contributed by atoms with Crippen LogP contribution in [-0.4, -0.2) is 128 Å². The average Bonchev–Trinajstić information content (AvgIpc) is 4.21. The van der Waals surface area contributed by atoms with Crippen molar-refractivity contribution in [2.75, 3.05) is 58.7 Å². The van der Waals surface area contributed by atoms with Gasteiger partial charge in [0, 0.05) is 29.3 Å². The summed E-state index contributed by atoms with van der Waals surface area (Å²) in [5, 5.41) is 26.7. The SMILES string of the molecule is C.CC(=O)Oc1cc(Br)ccc1OCC1CO1.CC(=O)c1cc(Br)ccc1O.CC(=O)c1cc(Br)ccc1OCC1CO1.ClCC1CO1.O=C(O)C1COc2ccc(Br)cc2O1.OCC1COc2ccc(Br)cc2O1. The number of ketones is 2. The van der Waals surface area contributed by atoms with Crippen LogP contribution >= 0.6 is 91.3 Å². The molecule has 0 radical (unpaired) electrons. The molecule has 0 aliphatic carbocycles. The lowest BCUT2D eigenvalue weighted by molar-refractivity contribution is -0.147. The third-order valence-corrected chi connectivity index (χ3v) is 12.5. The average molecular weight is 1390 g/mol. The fourth-order valence-electron chi connectivity index (χ4n) is 5.73. The van der Waals surface area contributed by atoms with Gasteiger partial charge in [-0.3, -0.25) is 14.4 Å². The van der Waals surface area contributed by atoms with E-state index in [4.69, 9.17) is 74.3 Å². The monoisotopic (exact) mass is 1380 g/mol. The van der Waals surface area contributed by atoms with Gasteiger partial charge in [0.2, 0.25) is 6.10 Å². The summed E-state index contributed by atoms with van der Waals surface area (Å²) in [6.07, 6.45) is -0.391. The Morgan fingerprint density at radius 3 is 1.48 bits per heavy atom. The Balaban J connectivity index is 0.000000198. The summed E-state index contributed by atoms with van der Waals surface area (Å²) < 4.78 is 56.4. The number of esters is 1. The van der Waals surface area contributed by atoms with E-state index < -0.39 is 12.1 Å². The van der Waals surface area contributed by atoms with Crippen LogP contribution in [0.3, 0.4) is 0 Å². The highest BCUT2D eigenvalue weighted by atomic mass is 79.9. The zero-order valence-electron chi connectivity index (χ0n) is 39.7. The molecule has 75 heavy (non-hydrogen) atoms. The fraction of sp³-hybridized carbons (Fsp3) is 0.346. The first kappa shape index (κ1) is 63.0. The molecule has 0 amide bonds. The van der Waals surface area contributed by atoms with E-state index in [0.717, 1.165) is 47.9 Å². The second-order valence-corrected chi connectivity index (χ2v) is 20.8. The molecule has 3 fully saturated rings. The predicted octanol–water partition coefficient (Wildman–Crippen LogP) is 11.5. The van der Waals surface area contributed by atoms with E-state index >= 15 is 0 Å². The van der Waals surface area contributed by atoms with Crippen LogP contribution in [0.25, 0.3) is 0 Å². The number of aliphatic carboxylic acids is 1. The van der Waals surface area contributed by atoms with Crippen LogP contribution in [0.4, 0.5) is 0 Å². The minimum absolute atomic E-state index is 0. The number of ether oxygens (including phenoxy) is 10. The van der Waals surface area contributed by atoms with Crippen LogP contribution < -0.4 is 33.2 Å². The van der Waals surface area contributed by atoms with E-state index in [1.165, 1.54) is 26.8 Å². The fourth-order valence-corrected chi connectivity index (χ4v) is 7.65. The number of carboxylic acid groups (broad SMARTS) is 1. The lowest BCUT2D eigenvalue weighted by Crippen LogP contribution is -2.36. The van der Waals surface area contributed by atoms with Crippen LogP contribution in [-0.2, 0) is 23.8 Å². The predicted molar refractivity (Wildman–Crippen MR) is 296 cm³/mol. The van der Waals surface area contributed by atoms with Crippen molar-refractivity contribution in [3.8, 4) is 46.0 Å². The van der Waals surface area contributed by atoms with Gasteiger partial charge in [-0.2, -0.15) is 0 Å². The summed E-state index contributed by atoms with van der Waals surface area (Å²) in [5.74, 6) is 3.21. The highest BCUT2D eigenvalue weighted by Crippen LogP contribution is 2.36. The van der Waals surface area contributed by atoms with Gasteiger partial charge in [0.1, 0.15) is 50.1 Å². The van der Waals surface area contributed by atoms with Gasteiger partial charge in [0.15, 0.2) is 52.2 Å². The molecule has 5 aliphatic rings. The van der Waals surface area contributed by atoms with Gasteiger partial charge in [-0.15, -0.1) is 11.6 Å². The van der Waals surface area contributed by atoms with Crippen molar-refractivity contribution in [1.29, 1.82) is 0 Å². The number of halogens is 6. The summed E-state index contributed by atoms with van der Waals surface area (Å²) in [4.78, 5) is 43.7. The van der Waals surface area contributed by atoms with Crippen LogP contribution in [0, 0.1) is 0 Å². The number of benzene rings is 5. The molecule has 5 aliphatic heterocycles. The number of rotatable bonds is 12. The number of Topliss-reactive ketones (excluding diaryl/α,β-unsaturated/α-hetero) is 2. The summed E-state index contributed by atoms with van der Waals surface area (Å²) in [6.45, 7) is 8.10. The number of fused-ring (bicyclic) bond motifs is 2. The number of aliphatic hydroxyl groups excluding tert-OH is 1. The molecule has 3 saturated heterocycles. The van der Waals surface area contributed by atoms with E-state index in [1.807, 2.05) is 36.4 Å². The number of alkyl halides is 1. The van der Waals surface area contributed by atoms with Gasteiger partial charge >= 0.3 is 11.9 Å². The molecular formula is C52H54Br5ClO17. The Morgan fingerprint density at radius 1 is 0.560 bits per heavy atom. The van der Waals surface area contributed by atoms with Crippen molar-refractivity contribution in [2.45, 2.75) is 58.7 Å². The number of epoxide rings is 3. The van der Waals surface area contributed by atoms with Gasteiger partial charge in [-0.25, -0.2) is 4.79 Å².